The zero-order valence-electron chi connectivity index (χ0n) is 10.0. The Hall–Kier alpha value is -1.34. The van der Waals surface area contributed by atoms with E-state index >= 15 is 0 Å². The van der Waals surface area contributed by atoms with Gasteiger partial charge < -0.3 is 9.67 Å². The number of aryl methyl sites for hydroxylation is 1. The van der Waals surface area contributed by atoms with E-state index in [4.69, 9.17) is 0 Å². The molecule has 2 fully saturated rings. The average Bonchev–Trinajstić information content (AvgIpc) is 3.02. The van der Waals surface area contributed by atoms with Crippen LogP contribution in [0, 0.1) is 28.6 Å². The summed E-state index contributed by atoms with van der Waals surface area (Å²) in [5, 5.41) is 20.1. The number of imidazole rings is 1. The van der Waals surface area contributed by atoms with Gasteiger partial charge in [0.1, 0.15) is 6.10 Å². The Kier molecular flexibility index (Phi) is 2.27. The average molecular weight is 231 g/mol. The van der Waals surface area contributed by atoms with Crippen molar-refractivity contribution in [2.75, 3.05) is 0 Å². The molecule has 2 bridgehead atoms. The molecule has 0 saturated heterocycles. The van der Waals surface area contributed by atoms with Gasteiger partial charge in [0.25, 0.3) is 0 Å². The van der Waals surface area contributed by atoms with Crippen molar-refractivity contribution in [1.82, 2.24) is 9.55 Å². The van der Waals surface area contributed by atoms with Crippen LogP contribution in [-0.2, 0) is 7.05 Å². The number of nitrogens with zero attached hydrogens (tertiary/aromatic N) is 3. The minimum Gasteiger partial charge on any atom is -0.385 e. The molecule has 4 unspecified atom stereocenters. The van der Waals surface area contributed by atoms with Gasteiger partial charge in [-0.05, 0) is 31.1 Å². The summed E-state index contributed by atoms with van der Waals surface area (Å²) in [5.41, 5.74) is 0.190. The number of hydrogen-bond acceptors (Lipinski definition) is 3. The third-order valence-electron chi connectivity index (χ3n) is 4.73. The molecule has 4 heteroatoms. The fourth-order valence-corrected chi connectivity index (χ4v) is 3.80. The SMILES string of the molecule is Cn1cncc1C(O)C1(C#N)CC2CCC1C2. The first-order valence-corrected chi connectivity index (χ1v) is 6.23. The molecular weight excluding hydrogens is 214 g/mol. The number of nitriles is 1. The maximum Gasteiger partial charge on any atom is 0.114 e. The molecule has 4 nitrogen and oxygen atoms in total. The maximum absolute atomic E-state index is 10.6. The third-order valence-corrected chi connectivity index (χ3v) is 4.73. The highest BCUT2D eigenvalue weighted by molar-refractivity contribution is 5.20. The standard InChI is InChI=1S/C13H17N3O/c1-16-8-15-6-11(16)12(17)13(7-14)5-9-2-3-10(13)4-9/h6,8-10,12,17H,2-5H2,1H3. The first-order chi connectivity index (χ1) is 8.17. The molecule has 1 heterocycles. The van der Waals surface area contributed by atoms with Crippen molar-refractivity contribution in [1.29, 1.82) is 5.26 Å². The molecule has 2 aliphatic rings. The molecule has 0 aliphatic heterocycles. The quantitative estimate of drug-likeness (QED) is 0.844. The molecular formula is C13H17N3O. The second-order valence-electron chi connectivity index (χ2n) is 5.56. The highest BCUT2D eigenvalue weighted by Gasteiger charge is 2.56. The van der Waals surface area contributed by atoms with Crippen LogP contribution < -0.4 is 0 Å². The Balaban J connectivity index is 1.97. The Bertz CT molecular complexity index is 475. The van der Waals surface area contributed by atoms with Gasteiger partial charge in [-0.2, -0.15) is 5.26 Å². The topological polar surface area (TPSA) is 61.8 Å². The van der Waals surface area contributed by atoms with Gasteiger partial charge >= 0.3 is 0 Å². The number of aromatic nitrogens is 2. The molecule has 4 atom stereocenters. The fraction of sp³-hybridized carbons (Fsp3) is 0.692. The van der Waals surface area contributed by atoms with Crippen molar-refractivity contribution in [2.45, 2.75) is 31.8 Å². The van der Waals surface area contributed by atoms with E-state index in [2.05, 4.69) is 11.1 Å². The summed E-state index contributed by atoms with van der Waals surface area (Å²) in [4.78, 5) is 4.04. The lowest BCUT2D eigenvalue weighted by atomic mass is 9.69. The first-order valence-electron chi connectivity index (χ1n) is 6.23. The zero-order chi connectivity index (χ0) is 12.0. The van der Waals surface area contributed by atoms with Crippen molar-refractivity contribution < 1.29 is 5.11 Å². The first kappa shape index (κ1) is 10.8. The molecule has 1 aromatic rings. The molecule has 3 rings (SSSR count). The lowest BCUT2D eigenvalue weighted by Crippen LogP contribution is -2.34. The summed E-state index contributed by atoms with van der Waals surface area (Å²) < 4.78 is 1.82. The van der Waals surface area contributed by atoms with Crippen LogP contribution >= 0.6 is 0 Å². The van der Waals surface area contributed by atoms with Gasteiger partial charge in [0, 0.05) is 7.05 Å². The van der Waals surface area contributed by atoms with E-state index in [9.17, 15) is 10.4 Å². The predicted molar refractivity (Wildman–Crippen MR) is 61.7 cm³/mol. The zero-order valence-corrected chi connectivity index (χ0v) is 10.0. The second kappa shape index (κ2) is 3.58. The monoisotopic (exact) mass is 231 g/mol. The third kappa shape index (κ3) is 1.35. The molecule has 0 amide bonds. The molecule has 2 saturated carbocycles. The van der Waals surface area contributed by atoms with Crippen LogP contribution in [0.2, 0.25) is 0 Å². The van der Waals surface area contributed by atoms with Crippen molar-refractivity contribution in [3.63, 3.8) is 0 Å². The van der Waals surface area contributed by atoms with Gasteiger partial charge in [0.2, 0.25) is 0 Å². The molecule has 0 aromatic carbocycles. The number of fused-ring (bicyclic) bond motifs is 2. The summed E-state index contributed by atoms with van der Waals surface area (Å²) >= 11 is 0. The van der Waals surface area contributed by atoms with Gasteiger partial charge in [0.05, 0.1) is 29.7 Å². The molecule has 1 N–H and O–H groups in total. The van der Waals surface area contributed by atoms with Crippen molar-refractivity contribution in [3.8, 4) is 6.07 Å². The smallest absolute Gasteiger partial charge is 0.114 e. The number of hydrogen-bond donors (Lipinski definition) is 1. The molecule has 17 heavy (non-hydrogen) atoms. The van der Waals surface area contributed by atoms with Crippen LogP contribution in [-0.4, -0.2) is 14.7 Å². The van der Waals surface area contributed by atoms with Crippen LogP contribution in [0.1, 0.15) is 37.5 Å². The van der Waals surface area contributed by atoms with E-state index in [-0.39, 0.29) is 0 Å². The van der Waals surface area contributed by atoms with E-state index in [1.165, 1.54) is 6.42 Å². The van der Waals surface area contributed by atoms with Gasteiger partial charge in [-0.1, -0.05) is 6.42 Å². The largest absolute Gasteiger partial charge is 0.385 e. The van der Waals surface area contributed by atoms with E-state index in [0.29, 0.717) is 11.8 Å². The minimum absolute atomic E-state index is 0.363. The van der Waals surface area contributed by atoms with E-state index in [0.717, 1.165) is 25.0 Å². The van der Waals surface area contributed by atoms with Crippen LogP contribution in [0.5, 0.6) is 0 Å². The lowest BCUT2D eigenvalue weighted by molar-refractivity contribution is 0.0183. The van der Waals surface area contributed by atoms with Crippen LogP contribution in [0.25, 0.3) is 0 Å². The molecule has 90 valence electrons. The summed E-state index contributed by atoms with van der Waals surface area (Å²) in [6, 6.07) is 2.43. The molecule has 0 radical (unpaired) electrons. The van der Waals surface area contributed by atoms with E-state index in [1.54, 1.807) is 12.5 Å². The highest BCUT2D eigenvalue weighted by Crippen LogP contribution is 2.60. The Morgan fingerprint density at radius 1 is 1.65 bits per heavy atom. The maximum atomic E-state index is 10.6. The van der Waals surface area contributed by atoms with Crippen molar-refractivity contribution in [2.24, 2.45) is 24.3 Å². The predicted octanol–water partition coefficient (Wildman–Crippen LogP) is 1.78. The summed E-state index contributed by atoms with van der Waals surface area (Å²) in [5.74, 6) is 1.00. The molecule has 1 aromatic heterocycles. The minimum atomic E-state index is -0.699. The Labute approximate surface area is 101 Å². The lowest BCUT2D eigenvalue weighted by Gasteiger charge is -2.35. The number of aliphatic hydroxyl groups is 1. The molecule has 2 aliphatic carbocycles. The van der Waals surface area contributed by atoms with Gasteiger partial charge in [-0.25, -0.2) is 4.98 Å². The van der Waals surface area contributed by atoms with Crippen LogP contribution in [0.4, 0.5) is 0 Å². The van der Waals surface area contributed by atoms with Crippen molar-refractivity contribution in [3.05, 3.63) is 18.2 Å². The van der Waals surface area contributed by atoms with Gasteiger partial charge in [0.15, 0.2) is 0 Å². The summed E-state index contributed by atoms with van der Waals surface area (Å²) in [6.07, 6.45) is 6.94. The van der Waals surface area contributed by atoms with Crippen molar-refractivity contribution >= 4 is 0 Å². The Morgan fingerprint density at radius 2 is 2.47 bits per heavy atom. The van der Waals surface area contributed by atoms with Crippen LogP contribution in [0.15, 0.2) is 12.5 Å². The second-order valence-corrected chi connectivity index (χ2v) is 5.56. The Morgan fingerprint density at radius 3 is 2.94 bits per heavy atom. The number of rotatable bonds is 2. The van der Waals surface area contributed by atoms with Gasteiger partial charge in [-0.3, -0.25) is 0 Å². The fourth-order valence-electron chi connectivity index (χ4n) is 3.80. The van der Waals surface area contributed by atoms with Crippen LogP contribution in [0.3, 0.4) is 0 Å². The van der Waals surface area contributed by atoms with Gasteiger partial charge in [-0.15, -0.1) is 0 Å². The molecule has 0 spiro atoms. The van der Waals surface area contributed by atoms with E-state index < -0.39 is 11.5 Å². The van der Waals surface area contributed by atoms with E-state index in [1.807, 2.05) is 11.6 Å². The summed E-state index contributed by atoms with van der Waals surface area (Å²) in [6.45, 7) is 0. The number of aliphatic hydroxyl groups excluding tert-OH is 1. The normalized spacial score (nSPS) is 37.0. The summed E-state index contributed by atoms with van der Waals surface area (Å²) in [7, 11) is 1.86. The highest BCUT2D eigenvalue weighted by atomic mass is 16.3.